The van der Waals surface area contributed by atoms with Crippen molar-refractivity contribution in [2.45, 2.75) is 52.7 Å². The second-order valence-electron chi connectivity index (χ2n) is 8.29. The van der Waals surface area contributed by atoms with Crippen LogP contribution in [0.5, 0.6) is 0 Å². The van der Waals surface area contributed by atoms with Gasteiger partial charge >= 0.3 is 5.97 Å². The molecule has 0 radical (unpaired) electrons. The van der Waals surface area contributed by atoms with Crippen LogP contribution in [-0.4, -0.2) is 50.4 Å². The molecule has 152 valence electrons. The van der Waals surface area contributed by atoms with E-state index in [0.717, 1.165) is 17.5 Å². The van der Waals surface area contributed by atoms with Crippen LogP contribution in [-0.2, 0) is 11.3 Å². The van der Waals surface area contributed by atoms with Gasteiger partial charge in [0.05, 0.1) is 12.6 Å². The first kappa shape index (κ1) is 20.5. The summed E-state index contributed by atoms with van der Waals surface area (Å²) in [5.41, 5.74) is 0.864. The predicted molar refractivity (Wildman–Crippen MR) is 105 cm³/mol. The maximum Gasteiger partial charge on any atom is 0.313 e. The van der Waals surface area contributed by atoms with Gasteiger partial charge in [0.2, 0.25) is 0 Å². The van der Waals surface area contributed by atoms with Crippen LogP contribution in [0.1, 0.15) is 44.5 Å². The number of likely N-dealkylation sites (tertiary alicyclic amines) is 1. The van der Waals surface area contributed by atoms with Crippen molar-refractivity contribution in [1.29, 1.82) is 0 Å². The number of carboxylic acids is 1. The van der Waals surface area contributed by atoms with Crippen molar-refractivity contribution in [2.75, 3.05) is 13.1 Å². The fourth-order valence-corrected chi connectivity index (χ4v) is 3.74. The minimum Gasteiger partial charge on any atom is -0.481 e. The second kappa shape index (κ2) is 8.41. The molecule has 1 aromatic heterocycles. The van der Waals surface area contributed by atoms with Crippen LogP contribution in [0.2, 0.25) is 0 Å². The van der Waals surface area contributed by atoms with Gasteiger partial charge in [0.1, 0.15) is 5.41 Å². The van der Waals surface area contributed by atoms with Crippen molar-refractivity contribution in [3.05, 3.63) is 35.7 Å². The normalized spacial score (nSPS) is 23.2. The molecule has 1 fully saturated rings. The van der Waals surface area contributed by atoms with Crippen molar-refractivity contribution in [3.63, 3.8) is 0 Å². The lowest BCUT2D eigenvalue weighted by atomic mass is 9.73. The third-order valence-electron chi connectivity index (χ3n) is 5.59. The van der Waals surface area contributed by atoms with Gasteiger partial charge in [0.15, 0.2) is 5.82 Å². The van der Waals surface area contributed by atoms with Crippen LogP contribution >= 0.6 is 0 Å². The maximum absolute atomic E-state index is 12.1. The van der Waals surface area contributed by atoms with Crippen LogP contribution in [0.15, 0.2) is 28.8 Å². The largest absolute Gasteiger partial charge is 0.481 e. The smallest absolute Gasteiger partial charge is 0.313 e. The molecule has 1 saturated heterocycles. The number of aryl methyl sites for hydroxylation is 1. The molecule has 0 saturated carbocycles. The summed E-state index contributed by atoms with van der Waals surface area (Å²) < 4.78 is 5.38. The summed E-state index contributed by atoms with van der Waals surface area (Å²) in [6.07, 6.45) is 0.802. The number of carboxylic acid groups (broad SMARTS) is 1. The van der Waals surface area contributed by atoms with Crippen LogP contribution in [0.25, 0.3) is 11.5 Å². The first-order valence-electron chi connectivity index (χ1n) is 9.83. The Bertz CT molecular complexity index is 802. The minimum absolute atomic E-state index is 0.282. The Kier molecular flexibility index (Phi) is 6.15. The third kappa shape index (κ3) is 4.42. The van der Waals surface area contributed by atoms with E-state index in [9.17, 15) is 15.0 Å². The number of aliphatic hydroxyl groups excluding tert-OH is 1. The monoisotopic (exact) mass is 387 g/mol. The number of benzene rings is 1. The Morgan fingerprint density at radius 2 is 2.07 bits per heavy atom. The lowest BCUT2D eigenvalue weighted by molar-refractivity contribution is -0.165. The summed E-state index contributed by atoms with van der Waals surface area (Å²) in [4.78, 5) is 18.5. The number of aliphatic carboxylic acids is 1. The summed E-state index contributed by atoms with van der Waals surface area (Å²) in [6.45, 7) is 7.43. The highest BCUT2D eigenvalue weighted by molar-refractivity contribution is 5.76. The quantitative estimate of drug-likeness (QED) is 0.753. The molecule has 0 unspecified atom stereocenters. The van der Waals surface area contributed by atoms with E-state index >= 15 is 0 Å². The predicted octanol–water partition coefficient (Wildman–Crippen LogP) is 3.12. The molecule has 0 spiro atoms. The number of hydrogen-bond donors (Lipinski definition) is 2. The molecule has 7 nitrogen and oxygen atoms in total. The number of aliphatic hydroxyl groups is 1. The van der Waals surface area contributed by atoms with Crippen molar-refractivity contribution in [3.8, 4) is 11.5 Å². The van der Waals surface area contributed by atoms with E-state index in [-0.39, 0.29) is 6.54 Å². The molecule has 0 amide bonds. The molecule has 0 bridgehead atoms. The van der Waals surface area contributed by atoms with Crippen LogP contribution in [0.4, 0.5) is 0 Å². The topological polar surface area (TPSA) is 99.7 Å². The molecule has 1 aliphatic rings. The molecule has 3 rings (SSSR count). The lowest BCUT2D eigenvalue weighted by Crippen LogP contribution is -2.55. The van der Waals surface area contributed by atoms with Crippen molar-refractivity contribution < 1.29 is 19.5 Å². The molecular formula is C21H29N3O4. The van der Waals surface area contributed by atoms with Gasteiger partial charge < -0.3 is 14.7 Å². The van der Waals surface area contributed by atoms with Gasteiger partial charge in [0.25, 0.3) is 5.89 Å². The van der Waals surface area contributed by atoms with Gasteiger partial charge in [0, 0.05) is 18.7 Å². The molecule has 2 aromatic rings. The molecule has 1 aliphatic heterocycles. The van der Waals surface area contributed by atoms with E-state index in [4.69, 9.17) is 4.52 Å². The number of nitrogens with zero attached hydrogens (tertiary/aromatic N) is 3. The highest BCUT2D eigenvalue weighted by Gasteiger charge is 2.48. The van der Waals surface area contributed by atoms with Crippen molar-refractivity contribution >= 4 is 5.97 Å². The summed E-state index contributed by atoms with van der Waals surface area (Å²) in [5.74, 6) is 0.429. The molecule has 2 atom stereocenters. The number of piperidine rings is 1. The fraction of sp³-hybridized carbons (Fsp3) is 0.571. The standard InChI is InChI=1S/C21H29N3O4/c1-14(2)8-10-21(20(26)27)13-24(11-9-17(21)25)12-18-22-19(28-23-18)16-6-4-15(3)5-7-16/h4-7,14,17,25H,8-13H2,1-3H3,(H,26,27)/t17-,21-/m1/s1. The number of rotatable bonds is 7. The summed E-state index contributed by atoms with van der Waals surface area (Å²) >= 11 is 0. The Balaban J connectivity index is 1.72. The highest BCUT2D eigenvalue weighted by atomic mass is 16.5. The van der Waals surface area contributed by atoms with Crippen LogP contribution in [0, 0.1) is 18.3 Å². The fourth-order valence-electron chi connectivity index (χ4n) is 3.74. The van der Waals surface area contributed by atoms with Gasteiger partial charge in [-0.25, -0.2) is 0 Å². The Labute approximate surface area is 165 Å². The van der Waals surface area contributed by atoms with Crippen molar-refractivity contribution in [2.24, 2.45) is 11.3 Å². The Morgan fingerprint density at radius 1 is 1.36 bits per heavy atom. The second-order valence-corrected chi connectivity index (χ2v) is 8.29. The first-order chi connectivity index (χ1) is 13.3. The van der Waals surface area contributed by atoms with E-state index < -0.39 is 17.5 Å². The summed E-state index contributed by atoms with van der Waals surface area (Å²) in [7, 11) is 0. The number of hydrogen-bond acceptors (Lipinski definition) is 6. The number of carbonyl (C=O) groups is 1. The van der Waals surface area contributed by atoms with Gasteiger partial charge in [-0.15, -0.1) is 0 Å². The summed E-state index contributed by atoms with van der Waals surface area (Å²) in [6, 6.07) is 7.85. The van der Waals surface area contributed by atoms with Crippen LogP contribution < -0.4 is 0 Å². The molecule has 2 heterocycles. The zero-order valence-electron chi connectivity index (χ0n) is 16.8. The molecule has 7 heteroatoms. The zero-order chi connectivity index (χ0) is 20.3. The molecule has 1 aromatic carbocycles. The van der Waals surface area contributed by atoms with Gasteiger partial charge in [-0.2, -0.15) is 4.98 Å². The van der Waals surface area contributed by atoms with E-state index in [2.05, 4.69) is 24.0 Å². The van der Waals surface area contributed by atoms with E-state index in [1.165, 1.54) is 0 Å². The lowest BCUT2D eigenvalue weighted by Gasteiger charge is -2.43. The first-order valence-corrected chi connectivity index (χ1v) is 9.83. The van der Waals surface area contributed by atoms with Gasteiger partial charge in [-0.1, -0.05) is 36.7 Å². The van der Waals surface area contributed by atoms with E-state index in [1.54, 1.807) is 0 Å². The zero-order valence-corrected chi connectivity index (χ0v) is 16.8. The molecule has 0 aliphatic carbocycles. The van der Waals surface area contributed by atoms with Gasteiger partial charge in [-0.05, 0) is 44.2 Å². The minimum atomic E-state index is -1.15. The summed E-state index contributed by atoms with van der Waals surface area (Å²) in [5, 5.41) is 24.5. The van der Waals surface area contributed by atoms with E-state index in [1.807, 2.05) is 36.1 Å². The average Bonchev–Trinajstić information content (AvgIpc) is 3.11. The highest BCUT2D eigenvalue weighted by Crippen LogP contribution is 2.37. The molecule has 28 heavy (non-hydrogen) atoms. The Hall–Kier alpha value is -2.25. The average molecular weight is 387 g/mol. The SMILES string of the molecule is Cc1ccc(-c2nc(CN3CC[C@@H](O)[C@](CCC(C)C)(C(=O)O)C3)no2)cc1. The van der Waals surface area contributed by atoms with Gasteiger partial charge in [-0.3, -0.25) is 9.69 Å². The van der Waals surface area contributed by atoms with Crippen molar-refractivity contribution in [1.82, 2.24) is 15.0 Å². The molecular weight excluding hydrogens is 358 g/mol. The maximum atomic E-state index is 12.1. The third-order valence-corrected chi connectivity index (χ3v) is 5.59. The number of aromatic nitrogens is 2. The molecule has 2 N–H and O–H groups in total. The Morgan fingerprint density at radius 3 is 2.71 bits per heavy atom. The van der Waals surface area contributed by atoms with Crippen LogP contribution in [0.3, 0.4) is 0 Å². The van der Waals surface area contributed by atoms with E-state index in [0.29, 0.717) is 43.6 Å².